The fraction of sp³-hybridized carbons (Fsp3) is 1.00. The van der Waals surface area contributed by atoms with Crippen LogP contribution >= 0.6 is 21.6 Å². The second kappa shape index (κ2) is 5.19. The molecule has 1 unspecified atom stereocenters. The lowest BCUT2D eigenvalue weighted by Crippen LogP contribution is -2.23. The topological polar surface area (TPSA) is 0 Å². The molecule has 5 heteroatoms. The van der Waals surface area contributed by atoms with Crippen molar-refractivity contribution >= 4 is 21.6 Å². The van der Waals surface area contributed by atoms with Gasteiger partial charge >= 0.3 is 6.18 Å². The van der Waals surface area contributed by atoms with Crippen LogP contribution in [0.3, 0.4) is 0 Å². The van der Waals surface area contributed by atoms with Crippen LogP contribution in [0.4, 0.5) is 13.2 Å². The quantitative estimate of drug-likeness (QED) is 0.640. The molecule has 0 amide bonds. The molecule has 11 heavy (non-hydrogen) atoms. The molecule has 0 heterocycles. The van der Waals surface area contributed by atoms with Crippen LogP contribution in [-0.2, 0) is 0 Å². The number of hydrogen-bond acceptors (Lipinski definition) is 2. The third kappa shape index (κ3) is 4.85. The van der Waals surface area contributed by atoms with Crippen LogP contribution in [0.15, 0.2) is 0 Å². The summed E-state index contributed by atoms with van der Waals surface area (Å²) in [5.41, 5.74) is 0. The average molecular weight is 204 g/mol. The second-order valence-electron chi connectivity index (χ2n) is 1.94. The Morgan fingerprint density at radius 3 is 2.09 bits per heavy atom. The molecule has 0 fully saturated rings. The summed E-state index contributed by atoms with van der Waals surface area (Å²) >= 11 is 0. The van der Waals surface area contributed by atoms with Gasteiger partial charge in [0.15, 0.2) is 0 Å². The third-order valence-electron chi connectivity index (χ3n) is 1.04. The third-order valence-corrected chi connectivity index (χ3v) is 4.05. The molecule has 0 spiro atoms. The molecule has 0 aliphatic heterocycles. The summed E-state index contributed by atoms with van der Waals surface area (Å²) < 4.78 is 36.0. The second-order valence-corrected chi connectivity index (χ2v) is 4.80. The highest BCUT2D eigenvalue weighted by Gasteiger charge is 2.38. The summed E-state index contributed by atoms with van der Waals surface area (Å²) in [6, 6.07) is 0. The molecule has 1 atom stereocenters. The fourth-order valence-corrected chi connectivity index (χ4v) is 2.69. The Kier molecular flexibility index (Phi) is 5.42. The van der Waals surface area contributed by atoms with Gasteiger partial charge in [-0.2, -0.15) is 13.2 Å². The predicted octanol–water partition coefficient (Wildman–Crippen LogP) is 3.73. The molecule has 0 radical (unpaired) electrons. The zero-order valence-electron chi connectivity index (χ0n) is 6.44. The lowest BCUT2D eigenvalue weighted by molar-refractivity contribution is -0.128. The van der Waals surface area contributed by atoms with E-state index >= 15 is 0 Å². The minimum absolute atomic E-state index is 0.154. The van der Waals surface area contributed by atoms with Gasteiger partial charge in [-0.05, 0) is 6.42 Å². The molecule has 0 saturated carbocycles. The van der Waals surface area contributed by atoms with Crippen molar-refractivity contribution in [2.75, 3.05) is 5.75 Å². The maximum atomic E-state index is 12.0. The summed E-state index contributed by atoms with van der Waals surface area (Å²) in [4.78, 5) is 0. The van der Waals surface area contributed by atoms with Crippen LogP contribution in [0.2, 0.25) is 0 Å². The molecule has 0 aromatic rings. The SMILES string of the molecule is CCSSC(CC)C(F)(F)F. The van der Waals surface area contributed by atoms with Crippen LogP contribution in [0.1, 0.15) is 20.3 Å². The van der Waals surface area contributed by atoms with Gasteiger partial charge in [0.05, 0.1) is 0 Å². The highest BCUT2D eigenvalue weighted by atomic mass is 33.1. The van der Waals surface area contributed by atoms with E-state index < -0.39 is 11.4 Å². The Labute approximate surface area is 72.7 Å². The zero-order chi connectivity index (χ0) is 8.91. The van der Waals surface area contributed by atoms with Crippen LogP contribution < -0.4 is 0 Å². The van der Waals surface area contributed by atoms with Gasteiger partial charge in [-0.1, -0.05) is 35.4 Å². The molecule has 0 rings (SSSR count). The number of rotatable bonds is 4. The van der Waals surface area contributed by atoms with E-state index in [1.54, 1.807) is 6.92 Å². The van der Waals surface area contributed by atoms with Crippen LogP contribution in [-0.4, -0.2) is 17.2 Å². The fourth-order valence-electron chi connectivity index (χ4n) is 0.504. The molecule has 0 bridgehead atoms. The lowest BCUT2D eigenvalue weighted by atomic mass is 10.3. The average Bonchev–Trinajstić information content (AvgIpc) is 1.87. The van der Waals surface area contributed by atoms with E-state index in [4.69, 9.17) is 0 Å². The molecule has 0 N–H and O–H groups in total. The van der Waals surface area contributed by atoms with E-state index in [2.05, 4.69) is 0 Å². The van der Waals surface area contributed by atoms with E-state index in [0.29, 0.717) is 0 Å². The molecule has 0 aliphatic rings. The minimum atomic E-state index is -4.04. The van der Waals surface area contributed by atoms with E-state index in [9.17, 15) is 13.2 Å². The van der Waals surface area contributed by atoms with Gasteiger partial charge in [0, 0.05) is 5.75 Å². The summed E-state index contributed by atoms with van der Waals surface area (Å²) in [5.74, 6) is 0.719. The Morgan fingerprint density at radius 1 is 1.27 bits per heavy atom. The highest BCUT2D eigenvalue weighted by Crippen LogP contribution is 2.38. The summed E-state index contributed by atoms with van der Waals surface area (Å²) in [6.45, 7) is 3.40. The van der Waals surface area contributed by atoms with Gasteiger partial charge in [-0.15, -0.1) is 0 Å². The molecule has 0 saturated heterocycles. The normalized spacial score (nSPS) is 15.0. The number of halogens is 3. The molecule has 0 aromatic carbocycles. The van der Waals surface area contributed by atoms with Crippen molar-refractivity contribution in [2.45, 2.75) is 31.7 Å². The first-order valence-electron chi connectivity index (χ1n) is 3.37. The first-order chi connectivity index (χ1) is 5.02. The van der Waals surface area contributed by atoms with E-state index in [-0.39, 0.29) is 6.42 Å². The van der Waals surface area contributed by atoms with Gasteiger partial charge < -0.3 is 0 Å². The maximum absolute atomic E-state index is 12.0. The standard InChI is InChI=1S/C6H11F3S2/c1-3-5(6(7,8)9)11-10-4-2/h5H,3-4H2,1-2H3. The van der Waals surface area contributed by atoms with Gasteiger partial charge in [0.2, 0.25) is 0 Å². The largest absolute Gasteiger partial charge is 0.401 e. The molecule has 68 valence electrons. The van der Waals surface area contributed by atoms with E-state index in [1.165, 1.54) is 10.8 Å². The van der Waals surface area contributed by atoms with Crippen LogP contribution in [0, 0.1) is 0 Å². The lowest BCUT2D eigenvalue weighted by Gasteiger charge is -2.16. The molecule has 0 nitrogen and oxygen atoms in total. The van der Waals surface area contributed by atoms with Crippen molar-refractivity contribution in [1.29, 1.82) is 0 Å². The van der Waals surface area contributed by atoms with Gasteiger partial charge in [0.1, 0.15) is 5.25 Å². The van der Waals surface area contributed by atoms with Crippen molar-refractivity contribution in [3.05, 3.63) is 0 Å². The summed E-state index contributed by atoms with van der Waals surface area (Å²) in [6.07, 6.45) is -3.89. The Bertz CT molecular complexity index is 102. The van der Waals surface area contributed by atoms with Gasteiger partial charge in [-0.25, -0.2) is 0 Å². The summed E-state index contributed by atoms with van der Waals surface area (Å²) in [5, 5.41) is -1.20. The van der Waals surface area contributed by atoms with Crippen molar-refractivity contribution in [3.63, 3.8) is 0 Å². The predicted molar refractivity (Wildman–Crippen MR) is 45.9 cm³/mol. The minimum Gasteiger partial charge on any atom is -0.170 e. The summed E-state index contributed by atoms with van der Waals surface area (Å²) in [7, 11) is 2.18. The number of alkyl halides is 3. The highest BCUT2D eigenvalue weighted by molar-refractivity contribution is 8.76. The van der Waals surface area contributed by atoms with E-state index in [1.807, 2.05) is 6.92 Å². The zero-order valence-corrected chi connectivity index (χ0v) is 8.07. The van der Waals surface area contributed by atoms with Gasteiger partial charge in [-0.3, -0.25) is 0 Å². The Balaban J connectivity index is 3.76. The Morgan fingerprint density at radius 2 is 1.82 bits per heavy atom. The first-order valence-corrected chi connectivity index (χ1v) is 5.75. The van der Waals surface area contributed by atoms with Crippen molar-refractivity contribution in [2.24, 2.45) is 0 Å². The maximum Gasteiger partial charge on any atom is 0.401 e. The molecule has 0 aliphatic carbocycles. The van der Waals surface area contributed by atoms with Crippen molar-refractivity contribution < 1.29 is 13.2 Å². The van der Waals surface area contributed by atoms with E-state index in [0.717, 1.165) is 16.5 Å². The molecular formula is C6H11F3S2. The Hall–Kier alpha value is 0.490. The monoisotopic (exact) mass is 204 g/mol. The van der Waals surface area contributed by atoms with Crippen LogP contribution in [0.25, 0.3) is 0 Å². The number of hydrogen-bond donors (Lipinski definition) is 0. The molecule has 0 aromatic heterocycles. The first kappa shape index (κ1) is 11.5. The van der Waals surface area contributed by atoms with Crippen LogP contribution in [0.5, 0.6) is 0 Å². The van der Waals surface area contributed by atoms with Gasteiger partial charge in [0.25, 0.3) is 0 Å². The smallest absolute Gasteiger partial charge is 0.170 e. The van der Waals surface area contributed by atoms with Crippen molar-refractivity contribution in [1.82, 2.24) is 0 Å². The molecular weight excluding hydrogens is 193 g/mol. The van der Waals surface area contributed by atoms with Crippen molar-refractivity contribution in [3.8, 4) is 0 Å².